The van der Waals surface area contributed by atoms with Crippen molar-refractivity contribution in [1.82, 2.24) is 19.5 Å². The van der Waals surface area contributed by atoms with Crippen LogP contribution in [0, 0.1) is 21.7 Å². The molecule has 0 saturated heterocycles. The van der Waals surface area contributed by atoms with Gasteiger partial charge in [-0.15, -0.1) is 0 Å². The Balaban J connectivity index is 2.18. The third-order valence-corrected chi connectivity index (χ3v) is 7.94. The maximum Gasteiger partial charge on any atom is 0.361 e. The number of aromatic nitrogens is 4. The molecule has 18 heteroatoms. The fraction of sp³-hybridized carbons (Fsp3) is 0.719. The lowest BCUT2D eigenvalue weighted by molar-refractivity contribution is -0.162. The third-order valence-electron chi connectivity index (χ3n) is 6.44. The Morgan fingerprint density at radius 1 is 0.680 bits per heavy atom. The summed E-state index contributed by atoms with van der Waals surface area (Å²) < 4.78 is 52.4. The van der Waals surface area contributed by atoms with Crippen molar-refractivity contribution in [1.29, 1.82) is 0 Å². The second-order valence-electron chi connectivity index (χ2n) is 15.5. The molecule has 2 rings (SSSR count). The van der Waals surface area contributed by atoms with Crippen molar-refractivity contribution >= 4 is 48.5 Å². The van der Waals surface area contributed by atoms with E-state index in [4.69, 9.17) is 32.7 Å². The zero-order chi connectivity index (χ0) is 38.1. The molecule has 282 valence electrons. The van der Waals surface area contributed by atoms with Crippen LogP contribution in [0.1, 0.15) is 83.1 Å². The second-order valence-corrected chi connectivity index (χ2v) is 17.5. The van der Waals surface area contributed by atoms with E-state index >= 15 is 0 Å². The molecule has 0 fully saturated rings. The standard InChI is InChI=1S/C32H52N5O12P/c1-29(2,3)25(38)44-17-37(18-45-26(39)30(4,5)6)24-22-23(33-15-34-24)36(16-35-22)13-14-43-21-50(42,48-19-46-27(40)31(7,8)9)49-20-47-28(41)32(10,11)12/h15-16H,13-14,17-21H2,1-12H3. The molecule has 0 unspecified atom stereocenters. The number of nitrogens with zero attached hydrogens (tertiary/aromatic N) is 5. The van der Waals surface area contributed by atoms with Crippen molar-refractivity contribution < 1.29 is 56.5 Å². The van der Waals surface area contributed by atoms with Crippen molar-refractivity contribution in [2.24, 2.45) is 21.7 Å². The van der Waals surface area contributed by atoms with E-state index in [0.717, 1.165) is 0 Å². The molecule has 0 radical (unpaired) electrons. The summed E-state index contributed by atoms with van der Waals surface area (Å²) in [5.41, 5.74) is -2.49. The molecule has 2 aromatic heterocycles. The smallest absolute Gasteiger partial charge is 0.361 e. The predicted molar refractivity (Wildman–Crippen MR) is 180 cm³/mol. The van der Waals surface area contributed by atoms with E-state index in [1.54, 1.807) is 87.7 Å². The van der Waals surface area contributed by atoms with Gasteiger partial charge in [0.15, 0.2) is 30.4 Å². The van der Waals surface area contributed by atoms with Gasteiger partial charge in [-0.25, -0.2) is 15.0 Å². The summed E-state index contributed by atoms with van der Waals surface area (Å²) in [7, 11) is -4.08. The molecule has 0 N–H and O–H groups in total. The maximum absolute atomic E-state index is 13.4. The number of carbonyl (C=O) groups excluding carboxylic acids is 4. The highest BCUT2D eigenvalue weighted by molar-refractivity contribution is 7.53. The summed E-state index contributed by atoms with van der Waals surface area (Å²) >= 11 is 0. The first-order valence-corrected chi connectivity index (χ1v) is 17.6. The van der Waals surface area contributed by atoms with Crippen LogP contribution in [0.2, 0.25) is 0 Å². The number of rotatable bonds is 16. The van der Waals surface area contributed by atoms with E-state index in [1.807, 2.05) is 0 Å². The van der Waals surface area contributed by atoms with E-state index in [-0.39, 0.29) is 32.4 Å². The molecule has 0 atom stereocenters. The highest BCUT2D eigenvalue weighted by Crippen LogP contribution is 2.48. The summed E-state index contributed by atoms with van der Waals surface area (Å²) in [6, 6.07) is 0. The van der Waals surface area contributed by atoms with Crippen molar-refractivity contribution in [3.8, 4) is 0 Å². The molecule has 0 aliphatic heterocycles. The van der Waals surface area contributed by atoms with Gasteiger partial charge in [0.05, 0.1) is 34.6 Å². The number of imidazole rings is 1. The van der Waals surface area contributed by atoms with Gasteiger partial charge in [-0.05, 0) is 83.1 Å². The van der Waals surface area contributed by atoms with Crippen LogP contribution in [0.5, 0.6) is 0 Å². The van der Waals surface area contributed by atoms with Crippen LogP contribution in [0.3, 0.4) is 0 Å². The Morgan fingerprint density at radius 2 is 1.12 bits per heavy atom. The minimum atomic E-state index is -4.08. The average molecular weight is 730 g/mol. The predicted octanol–water partition coefficient (Wildman–Crippen LogP) is 5.02. The van der Waals surface area contributed by atoms with E-state index in [2.05, 4.69) is 15.0 Å². The van der Waals surface area contributed by atoms with Gasteiger partial charge >= 0.3 is 31.5 Å². The second kappa shape index (κ2) is 17.0. The molecular formula is C32H52N5O12P. The highest BCUT2D eigenvalue weighted by Gasteiger charge is 2.31. The fourth-order valence-corrected chi connectivity index (χ4v) is 4.34. The lowest BCUT2D eigenvalue weighted by Gasteiger charge is -2.26. The number of esters is 4. The van der Waals surface area contributed by atoms with Crippen LogP contribution >= 0.6 is 7.60 Å². The summed E-state index contributed by atoms with van der Waals surface area (Å²) in [6.07, 6.45) is 2.21. The molecule has 50 heavy (non-hydrogen) atoms. The van der Waals surface area contributed by atoms with Gasteiger partial charge in [0.2, 0.25) is 13.6 Å². The number of anilines is 1. The van der Waals surface area contributed by atoms with Crippen LogP contribution < -0.4 is 4.90 Å². The van der Waals surface area contributed by atoms with Gasteiger partial charge in [-0.2, -0.15) is 0 Å². The van der Waals surface area contributed by atoms with Crippen molar-refractivity contribution in [2.75, 3.05) is 44.9 Å². The summed E-state index contributed by atoms with van der Waals surface area (Å²) in [5.74, 6) is -1.87. The summed E-state index contributed by atoms with van der Waals surface area (Å²) in [4.78, 5) is 63.9. The molecule has 0 amide bonds. The minimum Gasteiger partial charge on any atom is -0.444 e. The topological polar surface area (TPSA) is 197 Å². The fourth-order valence-electron chi connectivity index (χ4n) is 3.33. The number of hydrogen-bond donors (Lipinski definition) is 0. The average Bonchev–Trinajstić information content (AvgIpc) is 3.40. The normalized spacial score (nSPS) is 12.8. The summed E-state index contributed by atoms with van der Waals surface area (Å²) in [6.45, 7) is 18.4. The lowest BCUT2D eigenvalue weighted by Crippen LogP contribution is -2.36. The van der Waals surface area contributed by atoms with Gasteiger partial charge in [0.1, 0.15) is 12.7 Å². The Morgan fingerprint density at radius 3 is 1.56 bits per heavy atom. The van der Waals surface area contributed by atoms with Crippen molar-refractivity contribution in [2.45, 2.75) is 89.6 Å². The molecule has 0 bridgehead atoms. The minimum absolute atomic E-state index is 0.0266. The van der Waals surface area contributed by atoms with Gasteiger partial charge in [-0.1, -0.05) is 0 Å². The van der Waals surface area contributed by atoms with Gasteiger partial charge < -0.3 is 28.3 Å². The highest BCUT2D eigenvalue weighted by atomic mass is 31.2. The Hall–Kier alpha value is -3.66. The Bertz CT molecular complexity index is 1470. The van der Waals surface area contributed by atoms with Crippen molar-refractivity contribution in [3.63, 3.8) is 0 Å². The van der Waals surface area contributed by atoms with Crippen molar-refractivity contribution in [3.05, 3.63) is 12.7 Å². The number of fused-ring (bicyclic) bond motifs is 1. The number of ether oxygens (including phenoxy) is 5. The molecule has 0 aromatic carbocycles. The first-order chi connectivity index (χ1) is 22.8. The first-order valence-electron chi connectivity index (χ1n) is 15.9. The van der Waals surface area contributed by atoms with Gasteiger partial charge in [0, 0.05) is 6.54 Å². The summed E-state index contributed by atoms with van der Waals surface area (Å²) in [5, 5.41) is 0. The largest absolute Gasteiger partial charge is 0.444 e. The molecule has 2 heterocycles. The third kappa shape index (κ3) is 13.2. The molecule has 0 aliphatic carbocycles. The van der Waals surface area contributed by atoms with E-state index in [9.17, 15) is 23.7 Å². The van der Waals surface area contributed by atoms with E-state index < -0.39 is 73.1 Å². The van der Waals surface area contributed by atoms with E-state index in [1.165, 1.54) is 17.6 Å². The number of carbonyl (C=O) groups is 4. The lowest BCUT2D eigenvalue weighted by atomic mass is 9.97. The monoisotopic (exact) mass is 729 g/mol. The molecule has 0 spiro atoms. The number of hydrogen-bond acceptors (Lipinski definition) is 16. The molecule has 2 aromatic rings. The molecular weight excluding hydrogens is 677 g/mol. The van der Waals surface area contributed by atoms with Crippen LogP contribution in [0.4, 0.5) is 5.82 Å². The van der Waals surface area contributed by atoms with Gasteiger partial charge in [0.25, 0.3) is 0 Å². The quantitative estimate of drug-likeness (QED) is 0.0733. The molecule has 0 saturated carbocycles. The molecule has 0 aliphatic rings. The van der Waals surface area contributed by atoms with Gasteiger partial charge in [-0.3, -0.25) is 37.7 Å². The zero-order valence-corrected chi connectivity index (χ0v) is 32.1. The zero-order valence-electron chi connectivity index (χ0n) is 31.2. The first kappa shape index (κ1) is 42.5. The maximum atomic E-state index is 13.4. The van der Waals surface area contributed by atoms with Crippen LogP contribution in [0.25, 0.3) is 11.2 Å². The SMILES string of the molecule is CC(C)(C)C(=O)OCOP(=O)(COCCn1cnc2c(N(COC(=O)C(C)(C)C)COC(=O)C(C)(C)C)ncnc21)OCOC(=O)C(C)(C)C. The van der Waals surface area contributed by atoms with Crippen LogP contribution in [-0.4, -0.2) is 83.4 Å². The Labute approximate surface area is 293 Å². The van der Waals surface area contributed by atoms with Crippen LogP contribution in [0.15, 0.2) is 12.7 Å². The molecule has 17 nitrogen and oxygen atoms in total. The Kier molecular flexibility index (Phi) is 14.5. The van der Waals surface area contributed by atoms with Crippen LogP contribution in [-0.2, 0) is 63.0 Å². The van der Waals surface area contributed by atoms with E-state index in [0.29, 0.717) is 11.2 Å².